The largest absolute Gasteiger partial charge is 0.477 e. The fraction of sp³-hybridized carbons (Fsp3) is 0.0714. The fourth-order valence-corrected chi connectivity index (χ4v) is 1.61. The predicted molar refractivity (Wildman–Crippen MR) is 68.7 cm³/mol. The zero-order valence-electron chi connectivity index (χ0n) is 10.6. The molecule has 2 N–H and O–H groups in total. The summed E-state index contributed by atoms with van der Waals surface area (Å²) >= 11 is 0. The molecular formula is C14H10F2N2O3. The molecule has 0 saturated carbocycles. The Morgan fingerprint density at radius 1 is 1.19 bits per heavy atom. The summed E-state index contributed by atoms with van der Waals surface area (Å²) in [6.07, 6.45) is 1.10. The van der Waals surface area contributed by atoms with Crippen molar-refractivity contribution in [3.8, 4) is 0 Å². The number of nitrogens with one attached hydrogen (secondary N) is 1. The quantitative estimate of drug-likeness (QED) is 0.903. The lowest BCUT2D eigenvalue weighted by Crippen LogP contribution is -2.23. The fourth-order valence-electron chi connectivity index (χ4n) is 1.61. The van der Waals surface area contributed by atoms with Crippen LogP contribution >= 0.6 is 0 Å². The molecule has 5 nitrogen and oxygen atoms in total. The Kier molecular flexibility index (Phi) is 4.22. The van der Waals surface area contributed by atoms with E-state index in [9.17, 15) is 18.4 Å². The second-order valence-electron chi connectivity index (χ2n) is 4.16. The summed E-state index contributed by atoms with van der Waals surface area (Å²) in [5.41, 5.74) is -0.0574. The van der Waals surface area contributed by atoms with Crippen LogP contribution in [0.3, 0.4) is 0 Å². The van der Waals surface area contributed by atoms with E-state index in [1.807, 2.05) is 0 Å². The number of carbonyl (C=O) groups is 2. The summed E-state index contributed by atoms with van der Waals surface area (Å²) in [6, 6.07) is 5.41. The highest BCUT2D eigenvalue weighted by atomic mass is 19.1. The second kappa shape index (κ2) is 6.08. The summed E-state index contributed by atoms with van der Waals surface area (Å²) in [5.74, 6) is -3.00. The minimum Gasteiger partial charge on any atom is -0.477 e. The van der Waals surface area contributed by atoms with Crippen molar-refractivity contribution in [2.45, 2.75) is 6.54 Å². The average Bonchev–Trinajstić information content (AvgIpc) is 2.48. The molecule has 0 spiro atoms. The molecule has 0 unspecified atom stereocenters. The Balaban J connectivity index is 2.04. The summed E-state index contributed by atoms with van der Waals surface area (Å²) in [4.78, 5) is 26.0. The number of aromatic carboxylic acids is 1. The molecule has 2 aromatic rings. The lowest BCUT2D eigenvalue weighted by atomic mass is 10.2. The first-order chi connectivity index (χ1) is 9.97. The third-order valence-electron chi connectivity index (χ3n) is 2.69. The van der Waals surface area contributed by atoms with Gasteiger partial charge in [-0.25, -0.2) is 18.6 Å². The number of hydrogen-bond donors (Lipinski definition) is 2. The van der Waals surface area contributed by atoms with Crippen molar-refractivity contribution >= 4 is 11.9 Å². The number of nitrogens with zero attached hydrogens (tertiary/aromatic N) is 1. The van der Waals surface area contributed by atoms with Crippen LogP contribution in [0, 0.1) is 11.6 Å². The summed E-state index contributed by atoms with van der Waals surface area (Å²) in [7, 11) is 0. The Labute approximate surface area is 118 Å². The van der Waals surface area contributed by atoms with E-state index < -0.39 is 23.5 Å². The highest BCUT2D eigenvalue weighted by Gasteiger charge is 2.10. The Morgan fingerprint density at radius 2 is 1.95 bits per heavy atom. The van der Waals surface area contributed by atoms with Gasteiger partial charge < -0.3 is 10.4 Å². The van der Waals surface area contributed by atoms with Crippen molar-refractivity contribution in [3.63, 3.8) is 0 Å². The minimum atomic E-state index is -1.20. The first-order valence-corrected chi connectivity index (χ1v) is 5.89. The molecule has 0 radical (unpaired) electrons. The van der Waals surface area contributed by atoms with Gasteiger partial charge in [0, 0.05) is 18.3 Å². The molecule has 0 atom stereocenters. The van der Waals surface area contributed by atoms with Crippen LogP contribution in [-0.2, 0) is 6.54 Å². The number of carboxylic acid groups (broad SMARTS) is 1. The molecule has 1 aromatic carbocycles. The highest BCUT2D eigenvalue weighted by Crippen LogP contribution is 2.09. The van der Waals surface area contributed by atoms with E-state index in [0.29, 0.717) is 0 Å². The number of aromatic nitrogens is 1. The summed E-state index contributed by atoms with van der Waals surface area (Å²) < 4.78 is 26.3. The van der Waals surface area contributed by atoms with Crippen LogP contribution < -0.4 is 5.32 Å². The van der Waals surface area contributed by atoms with E-state index in [1.54, 1.807) is 0 Å². The molecule has 1 aromatic heterocycles. The Hall–Kier alpha value is -2.83. The van der Waals surface area contributed by atoms with Crippen molar-refractivity contribution in [3.05, 3.63) is 65.0 Å². The van der Waals surface area contributed by atoms with Gasteiger partial charge in [-0.05, 0) is 30.3 Å². The normalized spacial score (nSPS) is 10.2. The average molecular weight is 292 g/mol. The van der Waals surface area contributed by atoms with Crippen LogP contribution in [-0.4, -0.2) is 22.0 Å². The van der Waals surface area contributed by atoms with E-state index in [1.165, 1.54) is 12.1 Å². The lowest BCUT2D eigenvalue weighted by Gasteiger charge is -2.06. The van der Waals surface area contributed by atoms with Crippen molar-refractivity contribution in [2.75, 3.05) is 0 Å². The zero-order valence-corrected chi connectivity index (χ0v) is 10.6. The number of carbonyl (C=O) groups excluding carboxylic acids is 1. The van der Waals surface area contributed by atoms with E-state index in [2.05, 4.69) is 10.3 Å². The van der Waals surface area contributed by atoms with Crippen LogP contribution in [0.2, 0.25) is 0 Å². The third-order valence-corrected chi connectivity index (χ3v) is 2.69. The van der Waals surface area contributed by atoms with Gasteiger partial charge in [-0.1, -0.05) is 0 Å². The molecule has 0 aliphatic heterocycles. The third kappa shape index (κ3) is 3.59. The first-order valence-electron chi connectivity index (χ1n) is 5.89. The van der Waals surface area contributed by atoms with E-state index in [-0.39, 0.29) is 23.4 Å². The maximum atomic E-state index is 13.4. The topological polar surface area (TPSA) is 79.3 Å². The minimum absolute atomic E-state index is 0.0125. The monoisotopic (exact) mass is 292 g/mol. The maximum absolute atomic E-state index is 13.4. The molecular weight excluding hydrogens is 282 g/mol. The SMILES string of the molecule is O=C(NCc1cc(F)ccc1F)c1ccc(C(=O)O)nc1. The molecule has 7 heteroatoms. The maximum Gasteiger partial charge on any atom is 0.354 e. The number of hydrogen-bond acceptors (Lipinski definition) is 3. The summed E-state index contributed by atoms with van der Waals surface area (Å²) in [6.45, 7) is -0.191. The number of halogens is 2. The molecule has 108 valence electrons. The lowest BCUT2D eigenvalue weighted by molar-refractivity contribution is 0.0689. The van der Waals surface area contributed by atoms with Gasteiger partial charge in [0.1, 0.15) is 17.3 Å². The molecule has 0 saturated heterocycles. The van der Waals surface area contributed by atoms with Crippen molar-refractivity contribution in [1.82, 2.24) is 10.3 Å². The standard InChI is InChI=1S/C14H10F2N2O3/c15-10-2-3-11(16)9(5-10)7-18-13(19)8-1-4-12(14(20)21)17-6-8/h1-6H,7H2,(H,18,19)(H,20,21). The van der Waals surface area contributed by atoms with Crippen LogP contribution in [0.25, 0.3) is 0 Å². The van der Waals surface area contributed by atoms with E-state index in [4.69, 9.17) is 5.11 Å². The van der Waals surface area contributed by atoms with Crippen LogP contribution in [0.1, 0.15) is 26.4 Å². The number of amides is 1. The van der Waals surface area contributed by atoms with Gasteiger partial charge in [0.25, 0.3) is 5.91 Å². The number of carboxylic acids is 1. The van der Waals surface area contributed by atoms with Gasteiger partial charge in [0.05, 0.1) is 5.56 Å². The van der Waals surface area contributed by atoms with Gasteiger partial charge >= 0.3 is 5.97 Å². The zero-order chi connectivity index (χ0) is 15.4. The molecule has 1 amide bonds. The van der Waals surface area contributed by atoms with Crippen LogP contribution in [0.5, 0.6) is 0 Å². The molecule has 21 heavy (non-hydrogen) atoms. The van der Waals surface area contributed by atoms with Gasteiger partial charge in [-0.15, -0.1) is 0 Å². The highest BCUT2D eigenvalue weighted by molar-refractivity contribution is 5.94. The van der Waals surface area contributed by atoms with Crippen molar-refractivity contribution < 1.29 is 23.5 Å². The van der Waals surface area contributed by atoms with Crippen LogP contribution in [0.4, 0.5) is 8.78 Å². The predicted octanol–water partition coefficient (Wildman–Crippen LogP) is 1.99. The summed E-state index contributed by atoms with van der Waals surface area (Å²) in [5, 5.41) is 11.1. The molecule has 1 heterocycles. The molecule has 2 rings (SSSR count). The smallest absolute Gasteiger partial charge is 0.354 e. The Morgan fingerprint density at radius 3 is 2.57 bits per heavy atom. The van der Waals surface area contributed by atoms with Crippen molar-refractivity contribution in [1.29, 1.82) is 0 Å². The van der Waals surface area contributed by atoms with Crippen molar-refractivity contribution in [2.24, 2.45) is 0 Å². The van der Waals surface area contributed by atoms with Gasteiger partial charge in [0.2, 0.25) is 0 Å². The van der Waals surface area contributed by atoms with E-state index >= 15 is 0 Å². The van der Waals surface area contributed by atoms with Gasteiger partial charge in [0.15, 0.2) is 0 Å². The number of rotatable bonds is 4. The van der Waals surface area contributed by atoms with E-state index in [0.717, 1.165) is 24.4 Å². The Bertz CT molecular complexity index is 687. The first kappa shape index (κ1) is 14.6. The number of benzene rings is 1. The number of pyridine rings is 1. The van der Waals surface area contributed by atoms with Gasteiger partial charge in [-0.3, -0.25) is 4.79 Å². The van der Waals surface area contributed by atoms with Crippen LogP contribution in [0.15, 0.2) is 36.5 Å². The molecule has 0 aliphatic carbocycles. The molecule has 0 fully saturated rings. The molecule has 0 aliphatic rings. The van der Waals surface area contributed by atoms with Gasteiger partial charge in [-0.2, -0.15) is 0 Å². The second-order valence-corrected chi connectivity index (χ2v) is 4.16. The molecule has 0 bridgehead atoms.